The number of fused-ring (bicyclic) bond motifs is 1. The van der Waals surface area contributed by atoms with E-state index in [4.69, 9.17) is 0 Å². The Morgan fingerprint density at radius 2 is 1.75 bits per heavy atom. The quantitative estimate of drug-likeness (QED) is 0.229. The van der Waals surface area contributed by atoms with Gasteiger partial charge < -0.3 is 15.6 Å². The van der Waals surface area contributed by atoms with Crippen molar-refractivity contribution in [2.75, 3.05) is 10.6 Å². The molecule has 0 aliphatic carbocycles. The van der Waals surface area contributed by atoms with Crippen LogP contribution >= 0.6 is 23.1 Å². The van der Waals surface area contributed by atoms with E-state index in [1.165, 1.54) is 22.5 Å². The smallest absolute Gasteiger partial charge is 0.311 e. The van der Waals surface area contributed by atoms with Gasteiger partial charge in [-0.15, -0.1) is 10.2 Å². The molecule has 0 spiro atoms. The summed E-state index contributed by atoms with van der Waals surface area (Å²) in [6, 6.07) is 11.5. The average Bonchev–Trinajstić information content (AvgIpc) is 3.36. The first kappa shape index (κ1) is 21.7. The van der Waals surface area contributed by atoms with Crippen molar-refractivity contribution in [1.29, 1.82) is 0 Å². The van der Waals surface area contributed by atoms with Gasteiger partial charge in [0.25, 0.3) is 0 Å². The molecule has 12 heteroatoms. The molecule has 0 bridgehead atoms. The van der Waals surface area contributed by atoms with Crippen molar-refractivity contribution in [1.82, 2.24) is 25.1 Å². The summed E-state index contributed by atoms with van der Waals surface area (Å²) in [5.74, 6) is 0.359. The fourth-order valence-electron chi connectivity index (χ4n) is 2.75. The number of aryl methyl sites for hydroxylation is 1. The first-order valence-corrected chi connectivity index (χ1v) is 11.5. The lowest BCUT2D eigenvalue weighted by molar-refractivity contribution is -0.121. The van der Waals surface area contributed by atoms with Crippen LogP contribution in [-0.4, -0.2) is 37.0 Å². The summed E-state index contributed by atoms with van der Waals surface area (Å²) in [6.07, 6.45) is -0.0382. The summed E-state index contributed by atoms with van der Waals surface area (Å²) in [5, 5.41) is 13.7. The highest BCUT2D eigenvalue weighted by Gasteiger charge is 2.12. The number of benzene rings is 1. The maximum absolute atomic E-state index is 12.1. The van der Waals surface area contributed by atoms with Crippen molar-refractivity contribution in [2.45, 2.75) is 29.9 Å². The van der Waals surface area contributed by atoms with Crippen LogP contribution in [0.1, 0.15) is 24.0 Å². The number of carbonyl (C=O) groups is 2. The highest BCUT2D eigenvalue weighted by Crippen LogP contribution is 2.28. The van der Waals surface area contributed by atoms with E-state index in [0.717, 1.165) is 10.1 Å². The summed E-state index contributed by atoms with van der Waals surface area (Å²) in [7, 11) is 0. The second kappa shape index (κ2) is 9.75. The molecule has 0 saturated carbocycles. The van der Waals surface area contributed by atoms with Crippen molar-refractivity contribution in [3.63, 3.8) is 0 Å². The minimum absolute atomic E-state index is 0.0134. The fourth-order valence-corrected chi connectivity index (χ4v) is 4.47. The molecule has 32 heavy (non-hydrogen) atoms. The molecule has 0 radical (unpaired) electrons. The normalized spacial score (nSPS) is 10.9. The van der Waals surface area contributed by atoms with E-state index < -0.39 is 0 Å². The number of carbonyl (C=O) groups excluding carboxylic acids is 2. The third kappa shape index (κ3) is 5.80. The topological polar surface area (TPSA) is 146 Å². The standard InChI is InChI=1S/C20H19N7O3S2/c1-11-2-4-12(5-3-11)10-31-20-27-26-19(32-20)24-16(29)9-8-15(28)22-14-7-6-13-17(23-14)25-18(30)21-13/h2-7H,8-10H2,1H3,(H,24,26,29)(H3,21,22,23,25,28,30). The molecule has 3 aromatic heterocycles. The predicted molar refractivity (Wildman–Crippen MR) is 124 cm³/mol. The third-order valence-corrected chi connectivity index (χ3v) is 6.40. The number of H-pyrrole nitrogens is 2. The molecular weight excluding hydrogens is 450 g/mol. The van der Waals surface area contributed by atoms with E-state index in [1.807, 2.05) is 6.92 Å². The van der Waals surface area contributed by atoms with Gasteiger partial charge in [-0.1, -0.05) is 52.9 Å². The molecule has 3 heterocycles. The Morgan fingerprint density at radius 3 is 2.53 bits per heavy atom. The van der Waals surface area contributed by atoms with Crippen LogP contribution in [0.15, 0.2) is 45.5 Å². The largest absolute Gasteiger partial charge is 0.325 e. The fraction of sp³-hybridized carbons (Fsp3) is 0.200. The zero-order chi connectivity index (χ0) is 22.5. The number of pyridine rings is 1. The summed E-state index contributed by atoms with van der Waals surface area (Å²) < 4.78 is 0.753. The van der Waals surface area contributed by atoms with E-state index in [0.29, 0.717) is 16.3 Å². The Hall–Kier alpha value is -3.51. The second-order valence-corrected chi connectivity index (χ2v) is 9.12. The minimum Gasteiger partial charge on any atom is -0.311 e. The van der Waals surface area contributed by atoms with E-state index in [1.54, 1.807) is 23.9 Å². The van der Waals surface area contributed by atoms with Gasteiger partial charge in [-0.3, -0.25) is 14.6 Å². The van der Waals surface area contributed by atoms with Gasteiger partial charge in [0.05, 0.1) is 5.52 Å². The van der Waals surface area contributed by atoms with Crippen molar-refractivity contribution < 1.29 is 9.59 Å². The van der Waals surface area contributed by atoms with E-state index in [2.05, 4.69) is 60.0 Å². The van der Waals surface area contributed by atoms with Crippen LogP contribution in [0.3, 0.4) is 0 Å². The van der Waals surface area contributed by atoms with Gasteiger partial charge in [0.2, 0.25) is 16.9 Å². The summed E-state index contributed by atoms with van der Waals surface area (Å²) in [5.41, 5.74) is 2.91. The Kier molecular flexibility index (Phi) is 6.61. The molecule has 4 N–H and O–H groups in total. The maximum atomic E-state index is 12.1. The van der Waals surface area contributed by atoms with Crippen LogP contribution in [0.2, 0.25) is 0 Å². The molecule has 164 valence electrons. The van der Waals surface area contributed by atoms with E-state index >= 15 is 0 Å². The van der Waals surface area contributed by atoms with Crippen molar-refractivity contribution in [3.05, 3.63) is 58.0 Å². The Balaban J connectivity index is 1.22. The lowest BCUT2D eigenvalue weighted by atomic mass is 10.2. The molecule has 4 aromatic rings. The maximum Gasteiger partial charge on any atom is 0.325 e. The van der Waals surface area contributed by atoms with Crippen LogP contribution in [0.4, 0.5) is 10.9 Å². The molecule has 0 saturated heterocycles. The Morgan fingerprint density at radius 1 is 1.00 bits per heavy atom. The van der Waals surface area contributed by atoms with Gasteiger partial charge in [-0.25, -0.2) is 9.78 Å². The number of thioether (sulfide) groups is 1. The first-order chi connectivity index (χ1) is 15.4. The molecule has 4 rings (SSSR count). The average molecular weight is 470 g/mol. The molecule has 0 aliphatic rings. The van der Waals surface area contributed by atoms with Crippen LogP contribution in [-0.2, 0) is 15.3 Å². The first-order valence-electron chi connectivity index (χ1n) is 9.65. The van der Waals surface area contributed by atoms with Gasteiger partial charge in [0.1, 0.15) is 5.82 Å². The molecule has 0 fully saturated rings. The highest BCUT2D eigenvalue weighted by atomic mass is 32.2. The number of anilines is 2. The molecule has 1 aromatic carbocycles. The number of hydrogen-bond donors (Lipinski definition) is 4. The predicted octanol–water partition coefficient (Wildman–Crippen LogP) is 3.06. The lowest BCUT2D eigenvalue weighted by Gasteiger charge is -2.04. The van der Waals surface area contributed by atoms with Crippen LogP contribution in [0.5, 0.6) is 0 Å². The molecule has 0 aliphatic heterocycles. The number of aromatic nitrogens is 5. The lowest BCUT2D eigenvalue weighted by Crippen LogP contribution is -2.17. The number of nitrogens with zero attached hydrogens (tertiary/aromatic N) is 3. The van der Waals surface area contributed by atoms with Gasteiger partial charge in [0, 0.05) is 18.6 Å². The van der Waals surface area contributed by atoms with E-state index in [9.17, 15) is 14.4 Å². The third-order valence-electron chi connectivity index (χ3n) is 4.36. The van der Waals surface area contributed by atoms with Gasteiger partial charge in [0.15, 0.2) is 9.99 Å². The summed E-state index contributed by atoms with van der Waals surface area (Å²) >= 11 is 2.84. The van der Waals surface area contributed by atoms with Gasteiger partial charge in [-0.05, 0) is 24.6 Å². The highest BCUT2D eigenvalue weighted by molar-refractivity contribution is 8.00. The molecule has 2 amide bonds. The zero-order valence-electron chi connectivity index (χ0n) is 17.0. The van der Waals surface area contributed by atoms with Gasteiger partial charge >= 0.3 is 5.69 Å². The van der Waals surface area contributed by atoms with Crippen molar-refractivity contribution >= 4 is 57.0 Å². The second-order valence-electron chi connectivity index (χ2n) is 6.92. The van der Waals surface area contributed by atoms with Gasteiger partial charge in [-0.2, -0.15) is 0 Å². The van der Waals surface area contributed by atoms with E-state index in [-0.39, 0.29) is 36.2 Å². The molecule has 0 unspecified atom stereocenters. The number of hydrogen-bond acceptors (Lipinski definition) is 8. The van der Waals surface area contributed by atoms with Crippen molar-refractivity contribution in [3.8, 4) is 0 Å². The number of amides is 2. The Labute approximate surface area is 190 Å². The van der Waals surface area contributed by atoms with Crippen LogP contribution < -0.4 is 16.3 Å². The number of aromatic amines is 2. The van der Waals surface area contributed by atoms with Crippen molar-refractivity contribution in [2.24, 2.45) is 0 Å². The monoisotopic (exact) mass is 469 g/mol. The molecule has 10 nitrogen and oxygen atoms in total. The molecule has 0 atom stereocenters. The zero-order valence-corrected chi connectivity index (χ0v) is 18.6. The SMILES string of the molecule is Cc1ccc(CSc2nnc(NC(=O)CCC(=O)Nc3ccc4[nH]c(=O)[nH]c4n3)s2)cc1. The van der Waals surface area contributed by atoms with Crippen LogP contribution in [0.25, 0.3) is 11.2 Å². The van der Waals surface area contributed by atoms with Crippen LogP contribution in [0, 0.1) is 6.92 Å². The minimum atomic E-state index is -0.374. The summed E-state index contributed by atoms with van der Waals surface area (Å²) in [4.78, 5) is 44.8. The number of imidazole rings is 1. The molecular formula is C20H19N7O3S2. The number of nitrogens with one attached hydrogen (secondary N) is 4. The number of rotatable bonds is 8. The Bertz CT molecular complexity index is 1310. The summed E-state index contributed by atoms with van der Waals surface area (Å²) in [6.45, 7) is 2.04.